The molecule has 0 aliphatic carbocycles. The molecule has 2 aromatic heterocycles. The lowest BCUT2D eigenvalue weighted by molar-refractivity contribution is 0.0950. The second kappa shape index (κ2) is 8.65. The molecule has 2 heterocycles. The van der Waals surface area contributed by atoms with Gasteiger partial charge in [0.25, 0.3) is 11.5 Å². The minimum absolute atomic E-state index is 0.230. The predicted molar refractivity (Wildman–Crippen MR) is 114 cm³/mol. The second-order valence-electron chi connectivity index (χ2n) is 6.61. The first-order valence-electron chi connectivity index (χ1n) is 9.72. The number of rotatable bonds is 7. The minimum Gasteiger partial charge on any atom is -0.493 e. The number of benzene rings is 2. The lowest BCUT2D eigenvalue weighted by Gasteiger charge is -2.14. The first-order chi connectivity index (χ1) is 14.7. The zero-order valence-electron chi connectivity index (χ0n) is 16.5. The van der Waals surface area contributed by atoms with Crippen molar-refractivity contribution in [2.24, 2.45) is 0 Å². The van der Waals surface area contributed by atoms with Gasteiger partial charge in [-0.15, -0.1) is 0 Å². The Balaban J connectivity index is 1.53. The molecule has 0 saturated carbocycles. The van der Waals surface area contributed by atoms with Crippen LogP contribution in [0.4, 0.5) is 0 Å². The van der Waals surface area contributed by atoms with Gasteiger partial charge in [0.05, 0.1) is 25.0 Å². The van der Waals surface area contributed by atoms with Crippen molar-refractivity contribution in [3.8, 4) is 17.2 Å². The van der Waals surface area contributed by atoms with Gasteiger partial charge < -0.3 is 14.5 Å². The van der Waals surface area contributed by atoms with E-state index in [0.29, 0.717) is 29.4 Å². The first kappa shape index (κ1) is 19.4. The van der Waals surface area contributed by atoms with Gasteiger partial charge in [-0.05, 0) is 42.0 Å². The highest BCUT2D eigenvalue weighted by Gasteiger charge is 2.16. The molecular weight excluding hydrogens is 382 g/mol. The second-order valence-corrected chi connectivity index (χ2v) is 6.61. The Morgan fingerprint density at radius 2 is 1.97 bits per heavy atom. The van der Waals surface area contributed by atoms with Crippen molar-refractivity contribution in [3.63, 3.8) is 0 Å². The zero-order chi connectivity index (χ0) is 20.9. The van der Waals surface area contributed by atoms with E-state index >= 15 is 0 Å². The molecule has 1 N–H and O–H groups in total. The van der Waals surface area contributed by atoms with E-state index in [4.69, 9.17) is 9.15 Å². The molecule has 4 aromatic rings. The average Bonchev–Trinajstić information content (AvgIpc) is 3.30. The van der Waals surface area contributed by atoms with Crippen LogP contribution in [0.1, 0.15) is 17.3 Å². The highest BCUT2D eigenvalue weighted by Crippen LogP contribution is 2.28. The molecule has 2 aromatic carbocycles. The lowest BCUT2D eigenvalue weighted by atomic mass is 10.0. The van der Waals surface area contributed by atoms with Crippen LogP contribution in [0, 0.1) is 0 Å². The molecule has 30 heavy (non-hydrogen) atoms. The number of nitrogens with zero attached hydrogens (tertiary/aromatic N) is 2. The Labute approximate surface area is 172 Å². The van der Waals surface area contributed by atoms with Gasteiger partial charge in [0, 0.05) is 12.6 Å². The molecule has 0 bridgehead atoms. The molecule has 1 amide bonds. The first-order valence-corrected chi connectivity index (χ1v) is 9.72. The van der Waals surface area contributed by atoms with E-state index < -0.39 is 0 Å². The van der Waals surface area contributed by atoms with Gasteiger partial charge in [-0.2, -0.15) is 5.10 Å². The lowest BCUT2D eigenvalue weighted by Crippen LogP contribution is -2.32. The number of nitrogens with one attached hydrogen (secondary N) is 1. The number of carbonyl (C=O) groups excluding carboxylic acids is 1. The van der Waals surface area contributed by atoms with Crippen LogP contribution in [0.3, 0.4) is 0 Å². The number of ether oxygens (including phenoxy) is 1. The molecule has 0 atom stereocenters. The molecule has 4 rings (SSSR count). The van der Waals surface area contributed by atoms with Crippen LogP contribution in [-0.4, -0.2) is 28.8 Å². The summed E-state index contributed by atoms with van der Waals surface area (Å²) in [5.74, 6) is 0.846. The van der Waals surface area contributed by atoms with Gasteiger partial charge in [0.15, 0.2) is 5.76 Å². The Morgan fingerprint density at radius 1 is 1.10 bits per heavy atom. The molecule has 0 radical (unpaired) electrons. The molecule has 7 heteroatoms. The van der Waals surface area contributed by atoms with Crippen molar-refractivity contribution in [2.45, 2.75) is 13.5 Å². The molecule has 152 valence electrons. The van der Waals surface area contributed by atoms with Crippen LogP contribution in [0.5, 0.6) is 5.75 Å². The van der Waals surface area contributed by atoms with Crippen LogP contribution in [0.2, 0.25) is 0 Å². The van der Waals surface area contributed by atoms with Crippen molar-refractivity contribution in [1.29, 1.82) is 0 Å². The van der Waals surface area contributed by atoms with E-state index in [1.165, 1.54) is 10.7 Å². The third-order valence-corrected chi connectivity index (χ3v) is 4.67. The maximum absolute atomic E-state index is 13.0. The fraction of sp³-hybridized carbons (Fsp3) is 0.174. The average molecular weight is 403 g/mol. The van der Waals surface area contributed by atoms with Crippen LogP contribution >= 0.6 is 0 Å². The van der Waals surface area contributed by atoms with E-state index in [0.717, 1.165) is 10.8 Å². The molecule has 0 fully saturated rings. The summed E-state index contributed by atoms with van der Waals surface area (Å²) in [4.78, 5) is 25.1. The monoisotopic (exact) mass is 403 g/mol. The summed E-state index contributed by atoms with van der Waals surface area (Å²) in [6, 6.07) is 18.0. The minimum atomic E-state index is -0.259. The van der Waals surface area contributed by atoms with Gasteiger partial charge >= 0.3 is 0 Å². The predicted octanol–water partition coefficient (Wildman–Crippen LogP) is 3.49. The third-order valence-electron chi connectivity index (χ3n) is 4.67. The van der Waals surface area contributed by atoms with Crippen LogP contribution in [-0.2, 0) is 6.54 Å². The van der Waals surface area contributed by atoms with Crippen molar-refractivity contribution in [2.75, 3.05) is 13.2 Å². The van der Waals surface area contributed by atoms with Crippen molar-refractivity contribution in [1.82, 2.24) is 15.1 Å². The smallest absolute Gasteiger partial charge is 0.266 e. The number of fused-ring (bicyclic) bond motifs is 1. The molecule has 0 saturated heterocycles. The number of amides is 1. The van der Waals surface area contributed by atoms with Crippen LogP contribution in [0.25, 0.3) is 22.2 Å². The number of hydrogen-bond donors (Lipinski definition) is 1. The Hall–Kier alpha value is -3.87. The van der Waals surface area contributed by atoms with E-state index in [1.54, 1.807) is 30.5 Å². The zero-order valence-corrected chi connectivity index (χ0v) is 16.5. The van der Waals surface area contributed by atoms with Crippen LogP contribution < -0.4 is 15.6 Å². The summed E-state index contributed by atoms with van der Waals surface area (Å²) in [7, 11) is 0. The van der Waals surface area contributed by atoms with Crippen molar-refractivity contribution < 1.29 is 13.9 Å². The highest BCUT2D eigenvalue weighted by molar-refractivity contribution is 6.09. The molecule has 7 nitrogen and oxygen atoms in total. The molecule has 0 spiro atoms. The van der Waals surface area contributed by atoms with E-state index in [2.05, 4.69) is 10.4 Å². The summed E-state index contributed by atoms with van der Waals surface area (Å²) in [6.07, 6.45) is 1.55. The highest BCUT2D eigenvalue weighted by atomic mass is 16.5. The van der Waals surface area contributed by atoms with E-state index in [9.17, 15) is 9.59 Å². The summed E-state index contributed by atoms with van der Waals surface area (Å²) >= 11 is 0. The fourth-order valence-electron chi connectivity index (χ4n) is 3.29. The maximum Gasteiger partial charge on any atom is 0.266 e. The summed E-state index contributed by atoms with van der Waals surface area (Å²) in [6.45, 7) is 2.80. The number of hydrogen-bond acceptors (Lipinski definition) is 5. The quantitative estimate of drug-likeness (QED) is 0.511. The fourth-order valence-corrected chi connectivity index (χ4v) is 3.29. The van der Waals surface area contributed by atoms with E-state index in [1.807, 2.05) is 37.3 Å². The summed E-state index contributed by atoms with van der Waals surface area (Å²) in [5, 5.41) is 8.96. The Morgan fingerprint density at radius 3 is 2.77 bits per heavy atom. The van der Waals surface area contributed by atoms with Gasteiger partial charge in [0.1, 0.15) is 11.4 Å². The normalized spacial score (nSPS) is 10.8. The van der Waals surface area contributed by atoms with Gasteiger partial charge in [-0.25, -0.2) is 4.68 Å². The topological polar surface area (TPSA) is 86.4 Å². The largest absolute Gasteiger partial charge is 0.493 e. The van der Waals surface area contributed by atoms with Crippen LogP contribution in [0.15, 0.2) is 76.1 Å². The summed E-state index contributed by atoms with van der Waals surface area (Å²) < 4.78 is 12.3. The molecule has 0 unspecified atom stereocenters. The van der Waals surface area contributed by atoms with Crippen molar-refractivity contribution >= 4 is 16.7 Å². The van der Waals surface area contributed by atoms with Gasteiger partial charge in [-0.1, -0.05) is 30.3 Å². The number of aromatic nitrogens is 2. The standard InChI is InChI=1S/C23H21N3O4/c1-2-29-20-11-9-16-6-3-4-7-17(16)22(20)23(28)24-13-14-26-21(27)12-10-18(25-26)19-8-5-15-30-19/h3-12,15H,2,13-14H2,1H3,(H,24,28). The summed E-state index contributed by atoms with van der Waals surface area (Å²) in [5.41, 5.74) is 0.790. The third kappa shape index (κ3) is 3.96. The van der Waals surface area contributed by atoms with Gasteiger partial charge in [0.2, 0.25) is 0 Å². The number of carbonyl (C=O) groups is 1. The molecular formula is C23H21N3O4. The SMILES string of the molecule is CCOc1ccc2ccccc2c1C(=O)NCCn1nc(-c2ccco2)ccc1=O. The number of furan rings is 1. The molecule has 0 aliphatic heterocycles. The maximum atomic E-state index is 13.0. The Bertz CT molecular complexity index is 1230. The van der Waals surface area contributed by atoms with Gasteiger partial charge in [-0.3, -0.25) is 9.59 Å². The Kier molecular flexibility index (Phi) is 5.61. The molecule has 0 aliphatic rings. The van der Waals surface area contributed by atoms with E-state index in [-0.39, 0.29) is 24.6 Å². The van der Waals surface area contributed by atoms with Crippen molar-refractivity contribution in [3.05, 3.63) is 82.8 Å².